The van der Waals surface area contributed by atoms with E-state index in [4.69, 9.17) is 9.47 Å². The lowest BCUT2D eigenvalue weighted by molar-refractivity contribution is 0.0450. The van der Waals surface area contributed by atoms with Crippen LogP contribution in [0.3, 0.4) is 0 Å². The topological polar surface area (TPSA) is 67.9 Å². The molecule has 2 amide bonds. The van der Waals surface area contributed by atoms with E-state index in [1.165, 1.54) is 0 Å². The van der Waals surface area contributed by atoms with Crippen molar-refractivity contribution in [1.29, 1.82) is 0 Å². The fourth-order valence-electron chi connectivity index (χ4n) is 4.05. The van der Waals surface area contributed by atoms with Gasteiger partial charge in [0, 0.05) is 25.2 Å². The second kappa shape index (κ2) is 11.5. The molecule has 1 atom stereocenters. The number of amides is 2. The number of likely N-dealkylation sites (tertiary alicyclic amines) is 1. The van der Waals surface area contributed by atoms with E-state index in [0.29, 0.717) is 32.0 Å². The van der Waals surface area contributed by atoms with Crippen molar-refractivity contribution < 1.29 is 32.2 Å². The number of halogens is 3. The third-order valence-corrected chi connectivity index (χ3v) is 5.80. The molecule has 1 fully saturated rings. The van der Waals surface area contributed by atoms with Crippen molar-refractivity contribution in [3.63, 3.8) is 0 Å². The lowest BCUT2D eigenvalue weighted by atomic mass is 9.86. The third kappa shape index (κ3) is 7.90. The van der Waals surface area contributed by atoms with Crippen LogP contribution in [0, 0.1) is 23.4 Å². The van der Waals surface area contributed by atoms with Gasteiger partial charge in [-0.3, -0.25) is 0 Å². The van der Waals surface area contributed by atoms with E-state index < -0.39 is 41.3 Å². The van der Waals surface area contributed by atoms with Crippen LogP contribution < -0.4 is 5.32 Å². The number of nitrogens with one attached hydrogen (secondary N) is 1. The van der Waals surface area contributed by atoms with Crippen LogP contribution in [-0.2, 0) is 22.5 Å². The molecule has 0 radical (unpaired) electrons. The second-order valence-electron chi connectivity index (χ2n) is 9.68. The molecule has 1 saturated heterocycles. The average Bonchev–Trinajstić information content (AvgIpc) is 2.80. The van der Waals surface area contributed by atoms with Gasteiger partial charge in [-0.05, 0) is 63.1 Å². The molecular formula is C26H31F3N2O4. The van der Waals surface area contributed by atoms with E-state index in [9.17, 15) is 22.8 Å². The van der Waals surface area contributed by atoms with E-state index in [1.54, 1.807) is 25.7 Å². The molecule has 0 saturated carbocycles. The van der Waals surface area contributed by atoms with Crippen LogP contribution in [0.4, 0.5) is 22.8 Å². The average molecular weight is 493 g/mol. The van der Waals surface area contributed by atoms with Gasteiger partial charge in [-0.1, -0.05) is 30.3 Å². The molecule has 190 valence electrons. The monoisotopic (exact) mass is 492 g/mol. The van der Waals surface area contributed by atoms with Gasteiger partial charge in [-0.25, -0.2) is 22.8 Å². The van der Waals surface area contributed by atoms with Gasteiger partial charge in [0.1, 0.15) is 18.0 Å². The zero-order chi connectivity index (χ0) is 25.6. The van der Waals surface area contributed by atoms with Crippen LogP contribution in [0.15, 0.2) is 42.5 Å². The molecule has 1 aliphatic heterocycles. The molecule has 0 aliphatic carbocycles. The first-order chi connectivity index (χ1) is 16.5. The molecule has 0 spiro atoms. The first-order valence-corrected chi connectivity index (χ1v) is 11.6. The highest BCUT2D eigenvalue weighted by Gasteiger charge is 2.32. The van der Waals surface area contributed by atoms with Crippen LogP contribution in [0.1, 0.15) is 44.7 Å². The highest BCUT2D eigenvalue weighted by Crippen LogP contribution is 2.26. The Hall–Kier alpha value is -3.23. The molecule has 0 bridgehead atoms. The van der Waals surface area contributed by atoms with Gasteiger partial charge in [0.2, 0.25) is 0 Å². The minimum Gasteiger partial charge on any atom is -0.445 e. The summed E-state index contributed by atoms with van der Waals surface area (Å²) >= 11 is 0. The number of hydrogen-bond acceptors (Lipinski definition) is 4. The summed E-state index contributed by atoms with van der Waals surface area (Å²) in [6, 6.07) is 10.0. The number of carbonyl (C=O) groups is 2. The molecule has 1 aliphatic rings. The van der Waals surface area contributed by atoms with E-state index in [0.717, 1.165) is 11.6 Å². The molecule has 3 rings (SSSR count). The summed E-state index contributed by atoms with van der Waals surface area (Å²) in [6.07, 6.45) is -0.158. The number of carbonyl (C=O) groups excluding carboxylic acids is 2. The Morgan fingerprint density at radius 2 is 1.66 bits per heavy atom. The Bertz CT molecular complexity index is 1020. The summed E-state index contributed by atoms with van der Waals surface area (Å²) in [5, 5.41) is 2.77. The number of ether oxygens (including phenoxy) is 2. The largest absolute Gasteiger partial charge is 0.445 e. The summed E-state index contributed by atoms with van der Waals surface area (Å²) < 4.78 is 52.2. The van der Waals surface area contributed by atoms with Crippen LogP contribution in [0.5, 0.6) is 0 Å². The van der Waals surface area contributed by atoms with Crippen molar-refractivity contribution in [1.82, 2.24) is 10.2 Å². The van der Waals surface area contributed by atoms with Crippen molar-refractivity contribution in [2.75, 3.05) is 13.1 Å². The van der Waals surface area contributed by atoms with Gasteiger partial charge in [-0.15, -0.1) is 0 Å². The maximum absolute atomic E-state index is 14.3. The number of alkyl carbamates (subject to hydrolysis) is 1. The lowest BCUT2D eigenvalue weighted by Gasteiger charge is -2.36. The predicted octanol–water partition coefficient (Wildman–Crippen LogP) is 5.59. The number of piperidine rings is 1. The van der Waals surface area contributed by atoms with Gasteiger partial charge in [0.25, 0.3) is 0 Å². The minimum atomic E-state index is -1.27. The first kappa shape index (κ1) is 26.4. The molecule has 1 heterocycles. The minimum absolute atomic E-state index is 0.0466. The Morgan fingerprint density at radius 1 is 1.03 bits per heavy atom. The predicted molar refractivity (Wildman–Crippen MR) is 124 cm³/mol. The van der Waals surface area contributed by atoms with Gasteiger partial charge in [-0.2, -0.15) is 0 Å². The highest BCUT2D eigenvalue weighted by molar-refractivity contribution is 5.68. The number of nitrogens with zero attached hydrogens (tertiary/aromatic N) is 1. The van der Waals surface area contributed by atoms with Gasteiger partial charge in [0.15, 0.2) is 11.6 Å². The van der Waals surface area contributed by atoms with E-state index >= 15 is 0 Å². The van der Waals surface area contributed by atoms with Gasteiger partial charge in [0.05, 0.1) is 0 Å². The number of hydrogen-bond donors (Lipinski definition) is 1. The quantitative estimate of drug-likeness (QED) is 0.534. The normalized spacial score (nSPS) is 15.4. The molecule has 35 heavy (non-hydrogen) atoms. The fourth-order valence-corrected chi connectivity index (χ4v) is 4.05. The van der Waals surface area contributed by atoms with E-state index in [2.05, 4.69) is 5.32 Å². The van der Waals surface area contributed by atoms with Crippen LogP contribution in [-0.4, -0.2) is 41.8 Å². The highest BCUT2D eigenvalue weighted by atomic mass is 19.2. The Balaban J connectivity index is 1.64. The van der Waals surface area contributed by atoms with E-state index in [1.807, 2.05) is 30.3 Å². The van der Waals surface area contributed by atoms with Crippen LogP contribution in [0.25, 0.3) is 0 Å². The smallest absolute Gasteiger partial charge is 0.410 e. The van der Waals surface area contributed by atoms with Crippen LogP contribution in [0.2, 0.25) is 0 Å². The molecule has 1 unspecified atom stereocenters. The molecule has 1 N–H and O–H groups in total. The zero-order valence-electron chi connectivity index (χ0n) is 20.2. The van der Waals surface area contributed by atoms with Gasteiger partial charge < -0.3 is 19.7 Å². The van der Waals surface area contributed by atoms with Crippen molar-refractivity contribution in [3.05, 3.63) is 71.0 Å². The zero-order valence-corrected chi connectivity index (χ0v) is 20.2. The Kier molecular flexibility index (Phi) is 8.64. The van der Waals surface area contributed by atoms with Crippen molar-refractivity contribution in [2.45, 2.75) is 58.3 Å². The lowest BCUT2D eigenvalue weighted by Crippen LogP contribution is -2.49. The number of rotatable bonds is 6. The molecule has 2 aromatic rings. The molecule has 6 nitrogen and oxygen atoms in total. The third-order valence-electron chi connectivity index (χ3n) is 5.80. The molecule has 2 aromatic carbocycles. The summed E-state index contributed by atoms with van der Waals surface area (Å²) in [7, 11) is 0. The molecular weight excluding hydrogens is 461 g/mol. The van der Waals surface area contributed by atoms with Gasteiger partial charge >= 0.3 is 12.2 Å². The first-order valence-electron chi connectivity index (χ1n) is 11.6. The Morgan fingerprint density at radius 3 is 2.29 bits per heavy atom. The molecule has 0 aromatic heterocycles. The number of benzene rings is 2. The van der Waals surface area contributed by atoms with Crippen LogP contribution >= 0.6 is 0 Å². The second-order valence-corrected chi connectivity index (χ2v) is 9.68. The van der Waals surface area contributed by atoms with E-state index in [-0.39, 0.29) is 24.5 Å². The summed E-state index contributed by atoms with van der Waals surface area (Å²) in [5.41, 5.74) is 0.0915. The Labute approximate surface area is 203 Å². The summed E-state index contributed by atoms with van der Waals surface area (Å²) in [5.74, 6) is -3.46. The van der Waals surface area contributed by atoms with Crippen molar-refractivity contribution in [3.8, 4) is 0 Å². The maximum atomic E-state index is 14.3. The van der Waals surface area contributed by atoms with Crippen molar-refractivity contribution >= 4 is 12.2 Å². The molecule has 9 heteroatoms. The SMILES string of the molecule is CC(C)(C)OC(=O)NC(Cc1cc(F)c(F)cc1F)C1CCN(C(=O)OCc2ccccc2)CC1. The fraction of sp³-hybridized carbons (Fsp3) is 0.462. The summed E-state index contributed by atoms with van der Waals surface area (Å²) in [6.45, 7) is 6.08. The summed E-state index contributed by atoms with van der Waals surface area (Å²) in [4.78, 5) is 26.5. The standard InChI is InChI=1S/C26H31F3N2O4/c1-26(2,3)35-24(32)30-23(14-19-13-21(28)22(29)15-20(19)27)18-9-11-31(12-10-18)25(33)34-16-17-7-5-4-6-8-17/h4-8,13,15,18,23H,9-12,14,16H2,1-3H3,(H,30,32). The maximum Gasteiger partial charge on any atom is 0.410 e. The van der Waals surface area contributed by atoms with Crippen molar-refractivity contribution in [2.24, 2.45) is 5.92 Å².